The van der Waals surface area contributed by atoms with Crippen molar-refractivity contribution in [1.29, 1.82) is 0 Å². The third-order valence-electron chi connectivity index (χ3n) is 3.21. The average molecular weight is 487 g/mol. The first kappa shape index (κ1) is 27.9. The van der Waals surface area contributed by atoms with E-state index < -0.39 is 8.32 Å². The van der Waals surface area contributed by atoms with Crippen molar-refractivity contribution in [2.75, 3.05) is 6.61 Å². The van der Waals surface area contributed by atoms with Crippen molar-refractivity contribution >= 4 is 22.8 Å². The normalized spacial score (nSPS) is 9.62. The van der Waals surface area contributed by atoms with Gasteiger partial charge in [0.05, 0.1) is 0 Å². The molecule has 3 aromatic carbocycles. The van der Waals surface area contributed by atoms with Gasteiger partial charge >= 0.3 is 34.9 Å². The molecule has 3 aromatic rings. The SMILES string of the molecule is C[CH]=[Zr+2].C[Si](C)(C)OCC[c-]1cccc1.[Cl-].[Cl-].c1ccc2[cH-]ccc2c1. The van der Waals surface area contributed by atoms with Crippen LogP contribution in [0.2, 0.25) is 19.6 Å². The zero-order valence-electron chi connectivity index (χ0n) is 16.0. The fourth-order valence-corrected chi connectivity index (χ4v) is 2.84. The Morgan fingerprint density at radius 1 is 1.04 bits per heavy atom. The summed E-state index contributed by atoms with van der Waals surface area (Å²) in [6.45, 7) is 9.58. The topological polar surface area (TPSA) is 9.23 Å². The van der Waals surface area contributed by atoms with Gasteiger partial charge in [-0.3, -0.25) is 0 Å². The molecule has 0 saturated heterocycles. The Labute approximate surface area is 187 Å². The molecule has 0 aliphatic rings. The second-order valence-corrected chi connectivity index (χ2v) is 12.4. The van der Waals surface area contributed by atoms with Crippen LogP contribution in [0.1, 0.15) is 12.5 Å². The van der Waals surface area contributed by atoms with Crippen LogP contribution in [0.3, 0.4) is 0 Å². The molecule has 0 fully saturated rings. The number of rotatable bonds is 4. The largest absolute Gasteiger partial charge is 1.00 e. The molecule has 0 aliphatic carbocycles. The molecule has 0 saturated carbocycles. The van der Waals surface area contributed by atoms with E-state index in [0.717, 1.165) is 13.0 Å². The van der Waals surface area contributed by atoms with Gasteiger partial charge in [0.2, 0.25) is 0 Å². The van der Waals surface area contributed by atoms with E-state index in [1.165, 1.54) is 40.6 Å². The zero-order chi connectivity index (χ0) is 17.8. The first-order valence-corrected chi connectivity index (χ1v) is 13.2. The minimum Gasteiger partial charge on any atom is -1.00 e. The van der Waals surface area contributed by atoms with Crippen LogP contribution in [0.25, 0.3) is 10.8 Å². The van der Waals surface area contributed by atoms with Crippen LogP contribution in [0.5, 0.6) is 0 Å². The van der Waals surface area contributed by atoms with E-state index in [2.05, 4.69) is 90.1 Å². The van der Waals surface area contributed by atoms with Crippen LogP contribution in [0, 0.1) is 0 Å². The summed E-state index contributed by atoms with van der Waals surface area (Å²) in [5, 5.41) is 2.66. The summed E-state index contributed by atoms with van der Waals surface area (Å²) >= 11 is 1.51. The van der Waals surface area contributed by atoms with Gasteiger partial charge < -0.3 is 29.2 Å². The van der Waals surface area contributed by atoms with Gasteiger partial charge in [-0.05, 0) is 19.6 Å². The number of fused-ring (bicyclic) bond motifs is 1. The molecule has 0 spiro atoms. The number of hydrogen-bond donors (Lipinski definition) is 0. The Hall–Kier alpha value is -0.310. The van der Waals surface area contributed by atoms with Crippen LogP contribution >= 0.6 is 0 Å². The Bertz CT molecular complexity index is 657. The molecular weight excluding hydrogens is 458 g/mol. The summed E-state index contributed by atoms with van der Waals surface area (Å²) in [5.74, 6) is 0. The summed E-state index contributed by atoms with van der Waals surface area (Å²) in [6.07, 6.45) is 1.05. The zero-order valence-corrected chi connectivity index (χ0v) is 21.0. The number of benzene rings is 1. The number of hydrogen-bond acceptors (Lipinski definition) is 1. The maximum Gasteiger partial charge on any atom is 0.183 e. The third kappa shape index (κ3) is 12.9. The second kappa shape index (κ2) is 15.7. The van der Waals surface area contributed by atoms with E-state index in [0.29, 0.717) is 0 Å². The van der Waals surface area contributed by atoms with Crippen LogP contribution in [0.4, 0.5) is 0 Å². The van der Waals surface area contributed by atoms with Crippen molar-refractivity contribution in [1.82, 2.24) is 0 Å². The molecule has 0 radical (unpaired) electrons. The molecule has 142 valence electrons. The molecular formula is C21H28Cl2OSiZr-2. The van der Waals surface area contributed by atoms with Crippen LogP contribution in [-0.4, -0.2) is 18.6 Å². The van der Waals surface area contributed by atoms with Gasteiger partial charge in [0, 0.05) is 6.61 Å². The first-order valence-electron chi connectivity index (χ1n) is 8.36. The fraction of sp³-hybridized carbons (Fsp3) is 0.286. The molecule has 26 heavy (non-hydrogen) atoms. The Morgan fingerprint density at radius 2 is 1.62 bits per heavy atom. The summed E-state index contributed by atoms with van der Waals surface area (Å²) in [7, 11) is -1.29. The summed E-state index contributed by atoms with van der Waals surface area (Å²) < 4.78 is 7.83. The van der Waals surface area contributed by atoms with Gasteiger partial charge in [0.1, 0.15) is 0 Å². The van der Waals surface area contributed by atoms with Gasteiger partial charge in [-0.25, -0.2) is 12.1 Å². The van der Waals surface area contributed by atoms with E-state index in [9.17, 15) is 0 Å². The van der Waals surface area contributed by atoms with E-state index in [1.807, 2.05) is 6.92 Å². The molecule has 0 aliphatic heterocycles. The molecule has 0 aromatic heterocycles. The molecule has 0 unspecified atom stereocenters. The van der Waals surface area contributed by atoms with E-state index >= 15 is 0 Å². The summed E-state index contributed by atoms with van der Waals surface area (Å²) in [6, 6.07) is 23.1. The third-order valence-corrected chi connectivity index (χ3v) is 4.28. The molecule has 3 rings (SSSR count). The molecule has 5 heteroatoms. The average Bonchev–Trinajstić information content (AvgIpc) is 3.18. The Morgan fingerprint density at radius 3 is 2.15 bits per heavy atom. The van der Waals surface area contributed by atoms with Gasteiger partial charge in [-0.15, -0.1) is 29.7 Å². The molecule has 0 amide bonds. The summed E-state index contributed by atoms with van der Waals surface area (Å²) in [5.41, 5.74) is 1.38. The van der Waals surface area contributed by atoms with Crippen LogP contribution in [0.15, 0.2) is 66.7 Å². The standard InChI is InChI=1S/C10H17OSi.C9H7.C2H4.2ClH.Zr/c1-12(2,3)11-9-8-10-6-4-5-7-10;1-2-5-9-7-3-6-8(9)4-1;1-2;;;/h4-7H,8-9H2,1-3H3;1-7H;1H,2H3;2*1H;/q2*-1;;;;+2/p-2. The van der Waals surface area contributed by atoms with Crippen molar-refractivity contribution in [3.05, 3.63) is 72.3 Å². The molecule has 1 nitrogen and oxygen atoms in total. The maximum absolute atomic E-state index is 5.74. The van der Waals surface area contributed by atoms with Crippen molar-refractivity contribution in [2.45, 2.75) is 33.0 Å². The van der Waals surface area contributed by atoms with Crippen LogP contribution in [-0.2, 0) is 35.1 Å². The minimum absolute atomic E-state index is 0. The molecule has 0 atom stereocenters. The molecule has 0 N–H and O–H groups in total. The van der Waals surface area contributed by atoms with E-state index in [4.69, 9.17) is 4.43 Å². The van der Waals surface area contributed by atoms with E-state index in [1.54, 1.807) is 0 Å². The summed E-state index contributed by atoms with van der Waals surface area (Å²) in [4.78, 5) is 0. The minimum atomic E-state index is -1.29. The van der Waals surface area contributed by atoms with Gasteiger partial charge in [0.15, 0.2) is 8.32 Å². The van der Waals surface area contributed by atoms with E-state index in [-0.39, 0.29) is 24.8 Å². The molecule has 0 heterocycles. The second-order valence-electron chi connectivity index (χ2n) is 6.45. The fourth-order valence-electron chi connectivity index (χ4n) is 2.13. The van der Waals surface area contributed by atoms with Crippen molar-refractivity contribution in [3.63, 3.8) is 0 Å². The van der Waals surface area contributed by atoms with Crippen molar-refractivity contribution < 1.29 is 53.5 Å². The molecule has 0 bridgehead atoms. The Balaban J connectivity index is 0. The maximum atomic E-state index is 5.74. The van der Waals surface area contributed by atoms with Gasteiger partial charge in [0.25, 0.3) is 0 Å². The van der Waals surface area contributed by atoms with Gasteiger partial charge in [-0.2, -0.15) is 35.2 Å². The predicted molar refractivity (Wildman–Crippen MR) is 106 cm³/mol. The first-order chi connectivity index (χ1) is 11.5. The predicted octanol–water partition coefficient (Wildman–Crippen LogP) is -0.278. The van der Waals surface area contributed by atoms with Crippen molar-refractivity contribution in [3.8, 4) is 0 Å². The quantitative estimate of drug-likeness (QED) is 0.364. The van der Waals surface area contributed by atoms with Gasteiger partial charge in [-0.1, -0.05) is 12.5 Å². The van der Waals surface area contributed by atoms with Crippen LogP contribution < -0.4 is 24.8 Å². The monoisotopic (exact) mass is 484 g/mol. The Kier molecular flexibility index (Phi) is 16.9. The number of halogens is 2. The smallest absolute Gasteiger partial charge is 0.183 e. The van der Waals surface area contributed by atoms with Crippen molar-refractivity contribution in [2.24, 2.45) is 0 Å².